The molecule has 1 aromatic heterocycles. The Kier molecular flexibility index (Phi) is 3.03. The Bertz CT molecular complexity index is 391. The minimum absolute atomic E-state index is 0.234. The fourth-order valence-electron chi connectivity index (χ4n) is 1.70. The van der Waals surface area contributed by atoms with Crippen LogP contribution in [0.25, 0.3) is 0 Å². The molecule has 0 bridgehead atoms. The molecule has 0 amide bonds. The molecule has 16 heavy (non-hydrogen) atoms. The van der Waals surface area contributed by atoms with Gasteiger partial charge in [0.1, 0.15) is 5.56 Å². The largest absolute Gasteiger partial charge is 0.478 e. The van der Waals surface area contributed by atoms with Gasteiger partial charge in [-0.2, -0.15) is 5.10 Å². The van der Waals surface area contributed by atoms with Gasteiger partial charge in [0.15, 0.2) is 5.82 Å². The van der Waals surface area contributed by atoms with Crippen molar-refractivity contribution >= 4 is 11.8 Å². The molecule has 0 aromatic carbocycles. The highest BCUT2D eigenvalue weighted by atomic mass is 16.4. The third kappa shape index (κ3) is 2.29. The molecular weight excluding hydrogens is 206 g/mol. The molecule has 0 radical (unpaired) electrons. The molecule has 86 valence electrons. The number of carbonyl (C=O) groups is 1. The minimum Gasteiger partial charge on any atom is -0.478 e. The van der Waals surface area contributed by atoms with Crippen LogP contribution in [-0.2, 0) is 0 Å². The molecule has 5 heteroatoms. The van der Waals surface area contributed by atoms with Crippen molar-refractivity contribution in [3.8, 4) is 0 Å². The van der Waals surface area contributed by atoms with Crippen LogP contribution in [0.1, 0.15) is 30.1 Å². The first-order chi connectivity index (χ1) is 7.72. The van der Waals surface area contributed by atoms with E-state index in [4.69, 9.17) is 5.11 Å². The van der Waals surface area contributed by atoms with E-state index in [1.165, 1.54) is 25.1 Å². The second-order valence-corrected chi connectivity index (χ2v) is 4.06. The van der Waals surface area contributed by atoms with Crippen molar-refractivity contribution in [3.63, 3.8) is 0 Å². The Hall–Kier alpha value is -1.65. The van der Waals surface area contributed by atoms with Gasteiger partial charge >= 0.3 is 5.97 Å². The third-order valence-electron chi connectivity index (χ3n) is 2.79. The molecule has 1 heterocycles. The molecular formula is C11H15N3O2. The molecule has 0 saturated heterocycles. The molecule has 0 spiro atoms. The lowest BCUT2D eigenvalue weighted by Crippen LogP contribution is -2.28. The van der Waals surface area contributed by atoms with Gasteiger partial charge in [-0.05, 0) is 31.7 Å². The SMILES string of the molecule is CCN(CC1CC1)c1nnccc1C(=O)O. The molecule has 1 aliphatic rings. The zero-order valence-electron chi connectivity index (χ0n) is 9.26. The molecule has 0 unspecified atom stereocenters. The molecule has 1 saturated carbocycles. The van der Waals surface area contributed by atoms with Crippen LogP contribution in [-0.4, -0.2) is 34.4 Å². The normalized spacial score (nSPS) is 14.8. The fraction of sp³-hybridized carbons (Fsp3) is 0.545. The van der Waals surface area contributed by atoms with Crippen LogP contribution in [0.4, 0.5) is 5.82 Å². The number of hydrogen-bond acceptors (Lipinski definition) is 4. The van der Waals surface area contributed by atoms with Gasteiger partial charge in [0.05, 0.1) is 6.20 Å². The van der Waals surface area contributed by atoms with Gasteiger partial charge < -0.3 is 10.0 Å². The number of aromatic carboxylic acids is 1. The Labute approximate surface area is 94.1 Å². The van der Waals surface area contributed by atoms with E-state index >= 15 is 0 Å². The summed E-state index contributed by atoms with van der Waals surface area (Å²) in [5.41, 5.74) is 0.234. The number of hydrogen-bond donors (Lipinski definition) is 1. The Balaban J connectivity index is 2.24. The molecule has 1 aromatic rings. The van der Waals surface area contributed by atoms with Crippen LogP contribution in [0.3, 0.4) is 0 Å². The predicted octanol–water partition coefficient (Wildman–Crippen LogP) is 1.41. The number of nitrogens with zero attached hydrogens (tertiary/aromatic N) is 3. The van der Waals surface area contributed by atoms with Crippen molar-refractivity contribution < 1.29 is 9.90 Å². The summed E-state index contributed by atoms with van der Waals surface area (Å²) >= 11 is 0. The quantitative estimate of drug-likeness (QED) is 0.814. The van der Waals surface area contributed by atoms with E-state index in [-0.39, 0.29) is 5.56 Å². The van der Waals surface area contributed by atoms with Gasteiger partial charge in [-0.3, -0.25) is 0 Å². The average molecular weight is 221 g/mol. The van der Waals surface area contributed by atoms with Crippen molar-refractivity contribution in [2.75, 3.05) is 18.0 Å². The maximum absolute atomic E-state index is 11.0. The average Bonchev–Trinajstić information content (AvgIpc) is 3.09. The highest BCUT2D eigenvalue weighted by Gasteiger charge is 2.26. The highest BCUT2D eigenvalue weighted by molar-refractivity contribution is 5.93. The van der Waals surface area contributed by atoms with Crippen LogP contribution in [0.5, 0.6) is 0 Å². The van der Waals surface area contributed by atoms with Crippen molar-refractivity contribution in [1.29, 1.82) is 0 Å². The minimum atomic E-state index is -0.945. The van der Waals surface area contributed by atoms with Crippen LogP contribution >= 0.6 is 0 Å². The van der Waals surface area contributed by atoms with Gasteiger partial charge in [-0.15, -0.1) is 5.10 Å². The number of carboxylic acid groups (broad SMARTS) is 1. The molecule has 5 nitrogen and oxygen atoms in total. The second kappa shape index (κ2) is 4.47. The Morgan fingerprint density at radius 1 is 1.62 bits per heavy atom. The Morgan fingerprint density at radius 3 is 2.94 bits per heavy atom. The summed E-state index contributed by atoms with van der Waals surface area (Å²) in [7, 11) is 0. The summed E-state index contributed by atoms with van der Waals surface area (Å²) < 4.78 is 0. The van der Waals surface area contributed by atoms with Gasteiger partial charge in [-0.1, -0.05) is 0 Å². The van der Waals surface area contributed by atoms with E-state index in [1.807, 2.05) is 11.8 Å². The molecule has 0 atom stereocenters. The van der Waals surface area contributed by atoms with E-state index in [1.54, 1.807) is 0 Å². The van der Waals surface area contributed by atoms with Gasteiger partial charge in [-0.25, -0.2) is 4.79 Å². The van der Waals surface area contributed by atoms with Crippen molar-refractivity contribution in [2.45, 2.75) is 19.8 Å². The van der Waals surface area contributed by atoms with Crippen molar-refractivity contribution in [1.82, 2.24) is 10.2 Å². The number of rotatable bonds is 5. The van der Waals surface area contributed by atoms with Gasteiger partial charge in [0.25, 0.3) is 0 Å². The molecule has 0 aliphatic heterocycles. The number of anilines is 1. The van der Waals surface area contributed by atoms with E-state index in [9.17, 15) is 4.79 Å². The maximum atomic E-state index is 11.0. The topological polar surface area (TPSA) is 66.3 Å². The van der Waals surface area contributed by atoms with E-state index in [0.29, 0.717) is 11.7 Å². The molecule has 1 aliphatic carbocycles. The van der Waals surface area contributed by atoms with E-state index in [2.05, 4.69) is 10.2 Å². The monoisotopic (exact) mass is 221 g/mol. The first kappa shape index (κ1) is 10.9. The van der Waals surface area contributed by atoms with Crippen LogP contribution in [0.15, 0.2) is 12.3 Å². The zero-order valence-corrected chi connectivity index (χ0v) is 9.26. The first-order valence-electron chi connectivity index (χ1n) is 5.52. The standard InChI is InChI=1S/C11H15N3O2/c1-2-14(7-8-3-4-8)10-9(11(15)16)5-6-12-13-10/h5-6,8H,2-4,7H2,1H3,(H,15,16). The molecule has 2 rings (SSSR count). The zero-order chi connectivity index (χ0) is 11.5. The fourth-order valence-corrected chi connectivity index (χ4v) is 1.70. The van der Waals surface area contributed by atoms with Crippen LogP contribution in [0, 0.1) is 5.92 Å². The predicted molar refractivity (Wildman–Crippen MR) is 59.6 cm³/mol. The van der Waals surface area contributed by atoms with Crippen LogP contribution in [0.2, 0.25) is 0 Å². The second-order valence-electron chi connectivity index (χ2n) is 4.06. The van der Waals surface area contributed by atoms with Gasteiger partial charge in [0.2, 0.25) is 0 Å². The summed E-state index contributed by atoms with van der Waals surface area (Å²) in [6.07, 6.45) is 3.89. The summed E-state index contributed by atoms with van der Waals surface area (Å²) in [5, 5.41) is 16.8. The third-order valence-corrected chi connectivity index (χ3v) is 2.79. The van der Waals surface area contributed by atoms with Crippen LogP contribution < -0.4 is 4.90 Å². The summed E-state index contributed by atoms with van der Waals surface area (Å²) in [4.78, 5) is 13.0. The van der Waals surface area contributed by atoms with Gasteiger partial charge in [0, 0.05) is 13.1 Å². The lowest BCUT2D eigenvalue weighted by Gasteiger charge is -2.22. The molecule has 1 N–H and O–H groups in total. The summed E-state index contributed by atoms with van der Waals surface area (Å²) in [6.45, 7) is 3.65. The van der Waals surface area contributed by atoms with Crippen molar-refractivity contribution in [2.24, 2.45) is 5.92 Å². The maximum Gasteiger partial charge on any atom is 0.339 e. The lowest BCUT2D eigenvalue weighted by atomic mass is 10.2. The number of aromatic nitrogens is 2. The first-order valence-corrected chi connectivity index (χ1v) is 5.52. The molecule has 1 fully saturated rings. The Morgan fingerprint density at radius 2 is 2.38 bits per heavy atom. The number of carboxylic acids is 1. The van der Waals surface area contributed by atoms with E-state index in [0.717, 1.165) is 13.1 Å². The highest BCUT2D eigenvalue weighted by Crippen LogP contribution is 2.31. The summed E-state index contributed by atoms with van der Waals surface area (Å²) in [6, 6.07) is 1.50. The lowest BCUT2D eigenvalue weighted by molar-refractivity contribution is 0.0697. The summed E-state index contributed by atoms with van der Waals surface area (Å²) in [5.74, 6) is 0.243. The van der Waals surface area contributed by atoms with E-state index < -0.39 is 5.97 Å². The smallest absolute Gasteiger partial charge is 0.339 e. The van der Waals surface area contributed by atoms with Crippen molar-refractivity contribution in [3.05, 3.63) is 17.8 Å².